The van der Waals surface area contributed by atoms with Crippen molar-refractivity contribution >= 4 is 0 Å². The Bertz CT molecular complexity index is 170. The number of hydrogen-bond acceptors (Lipinski definition) is 4. The van der Waals surface area contributed by atoms with Crippen molar-refractivity contribution in [2.45, 2.75) is 32.4 Å². The lowest BCUT2D eigenvalue weighted by molar-refractivity contribution is 0.0191. The van der Waals surface area contributed by atoms with Gasteiger partial charge < -0.3 is 14.7 Å². The third-order valence-electron chi connectivity index (χ3n) is 3.25. The topological polar surface area (TPSA) is 44.7 Å². The molecule has 4 nitrogen and oxygen atoms in total. The normalized spacial score (nSPS) is 21.2. The largest absolute Gasteiger partial charge is 0.377 e. The fraction of sp³-hybridized carbons (Fsp3) is 1.00. The van der Waals surface area contributed by atoms with Crippen molar-refractivity contribution in [1.29, 1.82) is 0 Å². The molecule has 16 heavy (non-hydrogen) atoms. The van der Waals surface area contributed by atoms with E-state index < -0.39 is 6.23 Å². The van der Waals surface area contributed by atoms with E-state index in [0.717, 1.165) is 25.5 Å². The number of piperidine rings is 1. The molecule has 0 aromatic heterocycles. The van der Waals surface area contributed by atoms with Crippen LogP contribution in [0, 0.1) is 5.92 Å². The van der Waals surface area contributed by atoms with Crippen molar-refractivity contribution in [2.75, 3.05) is 39.9 Å². The highest BCUT2D eigenvalue weighted by Crippen LogP contribution is 2.15. The number of rotatable bonds is 7. The minimum Gasteiger partial charge on any atom is -0.377 e. The molecule has 0 aliphatic carbocycles. The fourth-order valence-electron chi connectivity index (χ4n) is 1.95. The monoisotopic (exact) mass is 230 g/mol. The number of aliphatic hydroxyl groups excluding tert-OH is 1. The zero-order chi connectivity index (χ0) is 11.8. The van der Waals surface area contributed by atoms with Gasteiger partial charge >= 0.3 is 0 Å². The summed E-state index contributed by atoms with van der Waals surface area (Å²) in [6.45, 7) is 7.06. The van der Waals surface area contributed by atoms with Crippen molar-refractivity contribution < 1.29 is 9.84 Å². The number of hydrogen-bond donors (Lipinski definition) is 2. The zero-order valence-corrected chi connectivity index (χ0v) is 10.6. The molecule has 1 aliphatic heterocycles. The number of nitrogens with zero attached hydrogens (tertiary/aromatic N) is 1. The second-order valence-corrected chi connectivity index (χ2v) is 4.76. The Hall–Kier alpha value is -0.160. The molecule has 0 saturated carbocycles. The average Bonchev–Trinajstić information content (AvgIpc) is 2.31. The highest BCUT2D eigenvalue weighted by atomic mass is 16.5. The molecule has 1 unspecified atom stereocenters. The molecular weight excluding hydrogens is 204 g/mol. The minimum atomic E-state index is -0.532. The summed E-state index contributed by atoms with van der Waals surface area (Å²) in [5.74, 6) is 0.901. The standard InChI is InChI=1S/C12H26N2O2/c1-11-4-7-14(8-5-11)6-3-9-16-10-12(15)13-2/h11-13,15H,3-10H2,1-2H3. The van der Waals surface area contributed by atoms with Gasteiger partial charge in [0.2, 0.25) is 0 Å². The molecule has 0 aromatic carbocycles. The molecule has 1 atom stereocenters. The van der Waals surface area contributed by atoms with Crippen LogP contribution in [-0.2, 0) is 4.74 Å². The summed E-state index contributed by atoms with van der Waals surface area (Å²) < 4.78 is 5.36. The first kappa shape index (κ1) is 13.9. The summed E-state index contributed by atoms with van der Waals surface area (Å²) in [6.07, 6.45) is 3.19. The van der Waals surface area contributed by atoms with Crippen molar-refractivity contribution in [3.63, 3.8) is 0 Å². The second-order valence-electron chi connectivity index (χ2n) is 4.76. The Morgan fingerprint density at radius 2 is 2.12 bits per heavy atom. The Balaban J connectivity index is 1.91. The Morgan fingerprint density at radius 3 is 2.75 bits per heavy atom. The van der Waals surface area contributed by atoms with Gasteiger partial charge in [-0.3, -0.25) is 5.32 Å². The minimum absolute atomic E-state index is 0.382. The van der Waals surface area contributed by atoms with Crippen LogP contribution in [0.2, 0.25) is 0 Å². The Kier molecular flexibility index (Phi) is 6.96. The van der Waals surface area contributed by atoms with E-state index in [1.807, 2.05) is 0 Å². The predicted octanol–water partition coefficient (Wildman–Crippen LogP) is 0.663. The van der Waals surface area contributed by atoms with Gasteiger partial charge in [0.05, 0.1) is 6.61 Å². The first-order valence-electron chi connectivity index (χ1n) is 6.38. The highest BCUT2D eigenvalue weighted by molar-refractivity contribution is 4.68. The SMILES string of the molecule is CNC(O)COCCCN1CCC(C)CC1. The lowest BCUT2D eigenvalue weighted by atomic mass is 9.99. The summed E-state index contributed by atoms with van der Waals surface area (Å²) in [5.41, 5.74) is 0. The first-order chi connectivity index (χ1) is 7.72. The number of aliphatic hydroxyl groups is 1. The molecule has 2 N–H and O–H groups in total. The smallest absolute Gasteiger partial charge is 0.128 e. The summed E-state index contributed by atoms with van der Waals surface area (Å²) in [5, 5.41) is 11.9. The van der Waals surface area contributed by atoms with E-state index in [0.29, 0.717) is 6.61 Å². The van der Waals surface area contributed by atoms with Gasteiger partial charge in [0.1, 0.15) is 6.23 Å². The quantitative estimate of drug-likeness (QED) is 0.498. The Morgan fingerprint density at radius 1 is 1.44 bits per heavy atom. The molecule has 1 rings (SSSR count). The van der Waals surface area contributed by atoms with Crippen LogP contribution in [0.1, 0.15) is 26.2 Å². The summed E-state index contributed by atoms with van der Waals surface area (Å²) in [7, 11) is 1.73. The predicted molar refractivity (Wildman–Crippen MR) is 65.3 cm³/mol. The summed E-state index contributed by atoms with van der Waals surface area (Å²) in [4.78, 5) is 2.51. The maximum Gasteiger partial charge on any atom is 0.128 e. The number of ether oxygens (including phenoxy) is 1. The third-order valence-corrected chi connectivity index (χ3v) is 3.25. The van der Waals surface area contributed by atoms with E-state index in [1.165, 1.54) is 25.9 Å². The lowest BCUT2D eigenvalue weighted by Gasteiger charge is -2.30. The molecular formula is C12H26N2O2. The zero-order valence-electron chi connectivity index (χ0n) is 10.6. The van der Waals surface area contributed by atoms with E-state index in [2.05, 4.69) is 17.1 Å². The van der Waals surface area contributed by atoms with Crippen molar-refractivity contribution in [3.05, 3.63) is 0 Å². The van der Waals surface area contributed by atoms with Crippen molar-refractivity contribution in [1.82, 2.24) is 10.2 Å². The van der Waals surface area contributed by atoms with Crippen LogP contribution < -0.4 is 5.32 Å². The molecule has 0 radical (unpaired) electrons. The Labute approximate surface area is 99.0 Å². The van der Waals surface area contributed by atoms with Crippen LogP contribution in [0.4, 0.5) is 0 Å². The van der Waals surface area contributed by atoms with E-state index in [4.69, 9.17) is 4.74 Å². The van der Waals surface area contributed by atoms with Gasteiger partial charge in [-0.15, -0.1) is 0 Å². The number of likely N-dealkylation sites (tertiary alicyclic amines) is 1. The molecule has 1 aliphatic rings. The van der Waals surface area contributed by atoms with Crippen LogP contribution in [-0.4, -0.2) is 56.1 Å². The van der Waals surface area contributed by atoms with Crippen LogP contribution in [0.15, 0.2) is 0 Å². The van der Waals surface area contributed by atoms with Gasteiger partial charge in [0.15, 0.2) is 0 Å². The molecule has 0 bridgehead atoms. The number of likely N-dealkylation sites (N-methyl/N-ethyl adjacent to an activating group) is 1. The maximum absolute atomic E-state index is 9.19. The fourth-order valence-corrected chi connectivity index (χ4v) is 1.95. The number of nitrogens with one attached hydrogen (secondary N) is 1. The van der Waals surface area contributed by atoms with Gasteiger partial charge in [-0.25, -0.2) is 0 Å². The van der Waals surface area contributed by atoms with E-state index >= 15 is 0 Å². The maximum atomic E-state index is 9.19. The van der Waals surface area contributed by atoms with Gasteiger partial charge in [0, 0.05) is 13.2 Å². The van der Waals surface area contributed by atoms with Crippen molar-refractivity contribution in [2.24, 2.45) is 5.92 Å². The van der Waals surface area contributed by atoms with Gasteiger partial charge in [-0.2, -0.15) is 0 Å². The summed E-state index contributed by atoms with van der Waals surface area (Å²) >= 11 is 0. The van der Waals surface area contributed by atoms with Gasteiger partial charge in [-0.05, 0) is 45.3 Å². The summed E-state index contributed by atoms with van der Waals surface area (Å²) in [6, 6.07) is 0. The molecule has 1 fully saturated rings. The second kappa shape index (κ2) is 8.01. The molecule has 4 heteroatoms. The molecule has 96 valence electrons. The van der Waals surface area contributed by atoms with Crippen LogP contribution in [0.3, 0.4) is 0 Å². The van der Waals surface area contributed by atoms with Crippen molar-refractivity contribution in [3.8, 4) is 0 Å². The first-order valence-corrected chi connectivity index (χ1v) is 6.38. The molecule has 0 amide bonds. The molecule has 0 spiro atoms. The average molecular weight is 230 g/mol. The van der Waals surface area contributed by atoms with E-state index in [9.17, 15) is 5.11 Å². The molecule has 1 heterocycles. The lowest BCUT2D eigenvalue weighted by Crippen LogP contribution is -2.34. The van der Waals surface area contributed by atoms with Gasteiger partial charge in [-0.1, -0.05) is 6.92 Å². The third kappa shape index (κ3) is 5.80. The van der Waals surface area contributed by atoms with Crippen LogP contribution in [0.25, 0.3) is 0 Å². The van der Waals surface area contributed by atoms with E-state index in [1.54, 1.807) is 7.05 Å². The molecule has 0 aromatic rings. The highest BCUT2D eigenvalue weighted by Gasteiger charge is 2.14. The molecule has 1 saturated heterocycles. The van der Waals surface area contributed by atoms with E-state index in [-0.39, 0.29) is 0 Å². The van der Waals surface area contributed by atoms with Crippen LogP contribution in [0.5, 0.6) is 0 Å². The van der Waals surface area contributed by atoms with Crippen LogP contribution >= 0.6 is 0 Å². The van der Waals surface area contributed by atoms with Gasteiger partial charge in [0.25, 0.3) is 0 Å².